The highest BCUT2D eigenvalue weighted by atomic mass is 32.1. The third kappa shape index (κ3) is 2.72. The van der Waals surface area contributed by atoms with Crippen LogP contribution in [0.15, 0.2) is 28.0 Å². The second-order valence-electron chi connectivity index (χ2n) is 6.34. The third-order valence-corrected chi connectivity index (χ3v) is 5.47. The van der Waals surface area contributed by atoms with Crippen molar-refractivity contribution in [1.29, 1.82) is 0 Å². The van der Waals surface area contributed by atoms with Gasteiger partial charge in [-0.15, -0.1) is 11.3 Å². The van der Waals surface area contributed by atoms with Crippen LogP contribution in [0.3, 0.4) is 0 Å². The molecule has 0 aliphatic carbocycles. The summed E-state index contributed by atoms with van der Waals surface area (Å²) in [5.41, 5.74) is 1.31. The quantitative estimate of drug-likeness (QED) is 0.739. The molecule has 1 atom stereocenters. The number of furan rings is 1. The van der Waals surface area contributed by atoms with Gasteiger partial charge in [-0.2, -0.15) is 5.10 Å². The fraction of sp³-hybridized carbons (Fsp3) is 0.278. The number of carbonyl (C=O) groups excluding carboxylic acids is 2. The molecule has 7 nitrogen and oxygen atoms in total. The molecule has 0 aromatic carbocycles. The zero-order chi connectivity index (χ0) is 18.4. The standard InChI is InChI=1S/C18H18N4O3S/c1-9-7-11(10(2)25-9)18(24)20-16-15-12(13-5-4-6-26-13)8-14(23)19-17(15)22(3)21-16/h4-7,12H,8H2,1-3H3,(H,19,23)(H,20,21,24)/t12-/m1/s1. The summed E-state index contributed by atoms with van der Waals surface area (Å²) in [6, 6.07) is 5.66. The van der Waals surface area contributed by atoms with Gasteiger partial charge in [0.25, 0.3) is 5.91 Å². The molecule has 0 saturated heterocycles. The molecule has 2 amide bonds. The van der Waals surface area contributed by atoms with Crippen molar-refractivity contribution in [3.05, 3.63) is 51.1 Å². The predicted octanol–water partition coefficient (Wildman–Crippen LogP) is 3.42. The Bertz CT molecular complexity index is 1000. The molecule has 3 aromatic heterocycles. The smallest absolute Gasteiger partial charge is 0.260 e. The van der Waals surface area contributed by atoms with E-state index in [1.54, 1.807) is 43.0 Å². The monoisotopic (exact) mass is 370 g/mol. The lowest BCUT2D eigenvalue weighted by Crippen LogP contribution is -2.24. The number of nitrogens with one attached hydrogen (secondary N) is 2. The zero-order valence-electron chi connectivity index (χ0n) is 14.6. The Hall–Kier alpha value is -2.87. The number of anilines is 2. The molecule has 0 saturated carbocycles. The van der Waals surface area contributed by atoms with Crippen LogP contribution < -0.4 is 10.6 Å². The minimum atomic E-state index is -0.276. The van der Waals surface area contributed by atoms with Crippen LogP contribution in [0.1, 0.15) is 44.7 Å². The summed E-state index contributed by atoms with van der Waals surface area (Å²) in [6.45, 7) is 3.55. The van der Waals surface area contributed by atoms with E-state index in [0.29, 0.717) is 35.1 Å². The molecule has 0 fully saturated rings. The first-order valence-corrected chi connectivity index (χ1v) is 9.10. The number of aryl methyl sites for hydroxylation is 3. The van der Waals surface area contributed by atoms with Crippen LogP contribution in [0.2, 0.25) is 0 Å². The van der Waals surface area contributed by atoms with Gasteiger partial charge in [0.1, 0.15) is 17.3 Å². The van der Waals surface area contributed by atoms with E-state index in [0.717, 1.165) is 10.4 Å². The highest BCUT2D eigenvalue weighted by Crippen LogP contribution is 2.42. The average Bonchev–Trinajstić information content (AvgIpc) is 3.28. The molecule has 1 aliphatic heterocycles. The summed E-state index contributed by atoms with van der Waals surface area (Å²) in [6.07, 6.45) is 0.325. The topological polar surface area (TPSA) is 89.2 Å². The van der Waals surface area contributed by atoms with E-state index in [4.69, 9.17) is 4.42 Å². The third-order valence-electron chi connectivity index (χ3n) is 4.48. The minimum Gasteiger partial charge on any atom is -0.466 e. The molecule has 0 bridgehead atoms. The molecule has 4 heterocycles. The van der Waals surface area contributed by atoms with Gasteiger partial charge < -0.3 is 15.1 Å². The lowest BCUT2D eigenvalue weighted by molar-refractivity contribution is -0.116. The van der Waals surface area contributed by atoms with Gasteiger partial charge in [-0.3, -0.25) is 14.3 Å². The van der Waals surface area contributed by atoms with Crippen LogP contribution >= 0.6 is 11.3 Å². The Morgan fingerprint density at radius 3 is 2.92 bits per heavy atom. The molecule has 0 spiro atoms. The second-order valence-corrected chi connectivity index (χ2v) is 7.32. The number of rotatable bonds is 3. The number of fused-ring (bicyclic) bond motifs is 1. The van der Waals surface area contributed by atoms with Crippen LogP contribution in [0, 0.1) is 13.8 Å². The lowest BCUT2D eigenvalue weighted by Gasteiger charge is -2.22. The molecule has 3 aromatic rings. The van der Waals surface area contributed by atoms with Gasteiger partial charge in [0.2, 0.25) is 5.91 Å². The van der Waals surface area contributed by atoms with Crippen molar-refractivity contribution in [2.24, 2.45) is 7.05 Å². The van der Waals surface area contributed by atoms with Crippen molar-refractivity contribution in [2.75, 3.05) is 10.6 Å². The maximum absolute atomic E-state index is 12.7. The number of hydrogen-bond donors (Lipinski definition) is 2. The first-order chi connectivity index (χ1) is 12.4. The van der Waals surface area contributed by atoms with Gasteiger partial charge in [0.05, 0.1) is 5.56 Å². The van der Waals surface area contributed by atoms with E-state index in [1.165, 1.54) is 0 Å². The second kappa shape index (κ2) is 6.14. The van der Waals surface area contributed by atoms with Gasteiger partial charge in [-0.1, -0.05) is 6.07 Å². The molecule has 4 rings (SSSR count). The van der Waals surface area contributed by atoms with Crippen molar-refractivity contribution < 1.29 is 14.0 Å². The Morgan fingerprint density at radius 2 is 2.27 bits per heavy atom. The molecular formula is C18H18N4O3S. The predicted molar refractivity (Wildman–Crippen MR) is 98.8 cm³/mol. The Balaban J connectivity index is 1.74. The van der Waals surface area contributed by atoms with Crippen molar-refractivity contribution in [1.82, 2.24) is 9.78 Å². The number of amides is 2. The first kappa shape index (κ1) is 16.6. The molecule has 2 N–H and O–H groups in total. The number of nitrogens with zero attached hydrogens (tertiary/aromatic N) is 2. The molecule has 0 radical (unpaired) electrons. The largest absolute Gasteiger partial charge is 0.466 e. The summed E-state index contributed by atoms with van der Waals surface area (Å²) in [5.74, 6) is 1.86. The average molecular weight is 370 g/mol. The normalized spacial score (nSPS) is 16.3. The number of hydrogen-bond acceptors (Lipinski definition) is 5. The lowest BCUT2D eigenvalue weighted by atomic mass is 9.92. The van der Waals surface area contributed by atoms with Crippen LogP contribution in [0.25, 0.3) is 0 Å². The number of thiophene rings is 1. The SMILES string of the molecule is Cc1cc(C(=O)Nc2nn(C)c3c2[C@@H](c2cccs2)CC(=O)N3)c(C)o1. The van der Waals surface area contributed by atoms with E-state index in [2.05, 4.69) is 15.7 Å². The summed E-state index contributed by atoms with van der Waals surface area (Å²) < 4.78 is 7.04. The van der Waals surface area contributed by atoms with Crippen molar-refractivity contribution in [3.63, 3.8) is 0 Å². The van der Waals surface area contributed by atoms with Crippen LogP contribution in [0.5, 0.6) is 0 Å². The Morgan fingerprint density at radius 1 is 1.46 bits per heavy atom. The zero-order valence-corrected chi connectivity index (χ0v) is 15.4. The maximum Gasteiger partial charge on any atom is 0.260 e. The molecule has 0 unspecified atom stereocenters. The van der Waals surface area contributed by atoms with Crippen LogP contribution in [0.4, 0.5) is 11.6 Å². The van der Waals surface area contributed by atoms with Gasteiger partial charge in [-0.25, -0.2) is 0 Å². The fourth-order valence-corrected chi connectivity index (χ4v) is 4.18. The molecule has 1 aliphatic rings. The molecule has 8 heteroatoms. The number of carbonyl (C=O) groups is 2. The van der Waals surface area contributed by atoms with Gasteiger partial charge >= 0.3 is 0 Å². The Kier molecular flexibility index (Phi) is 3.91. The molecule has 26 heavy (non-hydrogen) atoms. The highest BCUT2D eigenvalue weighted by molar-refractivity contribution is 7.10. The van der Waals surface area contributed by atoms with Gasteiger partial charge in [0, 0.05) is 29.8 Å². The Labute approximate surface area is 154 Å². The first-order valence-electron chi connectivity index (χ1n) is 8.22. The van der Waals surface area contributed by atoms with E-state index < -0.39 is 0 Å². The van der Waals surface area contributed by atoms with Crippen LogP contribution in [-0.2, 0) is 11.8 Å². The number of aromatic nitrogens is 2. The summed E-state index contributed by atoms with van der Waals surface area (Å²) in [4.78, 5) is 25.9. The molecule has 134 valence electrons. The minimum absolute atomic E-state index is 0.0573. The van der Waals surface area contributed by atoms with Crippen LogP contribution in [-0.4, -0.2) is 21.6 Å². The summed E-state index contributed by atoms with van der Waals surface area (Å²) in [5, 5.41) is 12.2. The van der Waals surface area contributed by atoms with Gasteiger partial charge in [-0.05, 0) is 31.4 Å². The van der Waals surface area contributed by atoms with E-state index in [9.17, 15) is 9.59 Å². The van der Waals surface area contributed by atoms with E-state index in [-0.39, 0.29) is 17.7 Å². The fourth-order valence-electron chi connectivity index (χ4n) is 3.35. The molecular weight excluding hydrogens is 352 g/mol. The van der Waals surface area contributed by atoms with Crippen molar-refractivity contribution >= 4 is 34.8 Å². The highest BCUT2D eigenvalue weighted by Gasteiger charge is 2.34. The van der Waals surface area contributed by atoms with E-state index >= 15 is 0 Å². The van der Waals surface area contributed by atoms with E-state index in [1.807, 2.05) is 17.5 Å². The summed E-state index contributed by atoms with van der Waals surface area (Å²) >= 11 is 1.59. The van der Waals surface area contributed by atoms with Crippen molar-refractivity contribution in [2.45, 2.75) is 26.2 Å². The maximum atomic E-state index is 12.7. The van der Waals surface area contributed by atoms with Gasteiger partial charge in [0.15, 0.2) is 5.82 Å². The summed E-state index contributed by atoms with van der Waals surface area (Å²) in [7, 11) is 1.75. The van der Waals surface area contributed by atoms with Crippen molar-refractivity contribution in [3.8, 4) is 0 Å².